The van der Waals surface area contributed by atoms with Crippen molar-refractivity contribution in [1.82, 2.24) is 0 Å². The lowest BCUT2D eigenvalue weighted by atomic mass is 10.00. The minimum Gasteiger partial charge on any atom is -0.504 e. The summed E-state index contributed by atoms with van der Waals surface area (Å²) in [7, 11) is 4.72. The van der Waals surface area contributed by atoms with Crippen LogP contribution in [0.1, 0.15) is 37.8 Å². The fourth-order valence-corrected chi connectivity index (χ4v) is 2.43. The Kier molecular flexibility index (Phi) is 8.47. The second kappa shape index (κ2) is 10.1. The molecule has 1 aromatic rings. The van der Waals surface area contributed by atoms with Crippen molar-refractivity contribution in [2.24, 2.45) is 0 Å². The molecule has 0 aliphatic rings. The Morgan fingerprint density at radius 2 is 1.71 bits per heavy atom. The Morgan fingerprint density at radius 1 is 1.04 bits per heavy atom. The molecule has 1 rings (SSSR count). The van der Waals surface area contributed by atoms with Crippen molar-refractivity contribution in [3.05, 3.63) is 22.8 Å². The maximum atomic E-state index is 10.6. The zero-order chi connectivity index (χ0) is 18.1. The van der Waals surface area contributed by atoms with Crippen LogP contribution < -0.4 is 14.2 Å². The summed E-state index contributed by atoms with van der Waals surface area (Å²) >= 11 is 0. The van der Waals surface area contributed by atoms with Crippen LogP contribution in [0.15, 0.2) is 11.6 Å². The highest BCUT2D eigenvalue weighted by molar-refractivity contribution is 5.66. The second-order valence-electron chi connectivity index (χ2n) is 5.65. The highest BCUT2D eigenvalue weighted by atomic mass is 16.5. The van der Waals surface area contributed by atoms with Gasteiger partial charge in [-0.15, -0.1) is 0 Å². The Morgan fingerprint density at radius 3 is 2.25 bits per heavy atom. The van der Waals surface area contributed by atoms with Gasteiger partial charge in [-0.3, -0.25) is 0 Å². The number of phenols is 1. The lowest BCUT2D eigenvalue weighted by molar-refractivity contribution is 0.170. The lowest BCUT2D eigenvalue weighted by Gasteiger charge is -2.20. The van der Waals surface area contributed by atoms with Crippen molar-refractivity contribution in [2.75, 3.05) is 34.5 Å². The van der Waals surface area contributed by atoms with Gasteiger partial charge in [0.1, 0.15) is 0 Å². The molecule has 0 saturated heterocycles. The largest absolute Gasteiger partial charge is 0.504 e. The van der Waals surface area contributed by atoms with Crippen LogP contribution in [0.3, 0.4) is 0 Å². The van der Waals surface area contributed by atoms with Gasteiger partial charge >= 0.3 is 0 Å². The van der Waals surface area contributed by atoms with Crippen molar-refractivity contribution in [3.8, 4) is 23.0 Å². The first-order valence-electron chi connectivity index (χ1n) is 8.25. The Bertz CT molecular complexity index is 564. The summed E-state index contributed by atoms with van der Waals surface area (Å²) < 4.78 is 21.8. The van der Waals surface area contributed by atoms with E-state index in [0.29, 0.717) is 36.9 Å². The third-order valence-corrected chi connectivity index (χ3v) is 4.07. The van der Waals surface area contributed by atoms with Gasteiger partial charge in [0.25, 0.3) is 0 Å². The van der Waals surface area contributed by atoms with Gasteiger partial charge in [0.2, 0.25) is 11.5 Å². The topological polar surface area (TPSA) is 57.2 Å². The van der Waals surface area contributed by atoms with Crippen LogP contribution in [0.5, 0.6) is 23.0 Å². The van der Waals surface area contributed by atoms with Crippen molar-refractivity contribution in [1.29, 1.82) is 0 Å². The van der Waals surface area contributed by atoms with E-state index in [1.807, 2.05) is 6.92 Å². The molecule has 0 fully saturated rings. The fraction of sp³-hybridized carbons (Fsp3) is 0.579. The Balaban J connectivity index is 3.28. The molecule has 0 heterocycles. The predicted octanol–water partition coefficient (Wildman–Crippen LogP) is 4.03. The van der Waals surface area contributed by atoms with Crippen molar-refractivity contribution >= 4 is 0 Å². The van der Waals surface area contributed by atoms with Gasteiger partial charge in [-0.1, -0.05) is 18.6 Å². The predicted molar refractivity (Wildman–Crippen MR) is 95.7 cm³/mol. The van der Waals surface area contributed by atoms with E-state index < -0.39 is 0 Å². The summed E-state index contributed by atoms with van der Waals surface area (Å²) in [4.78, 5) is 0. The molecule has 0 unspecified atom stereocenters. The summed E-state index contributed by atoms with van der Waals surface area (Å²) in [6, 6.07) is 0. The number of allylic oxidation sites excluding steroid dienone is 2. The first-order chi connectivity index (χ1) is 11.5. The Hall–Kier alpha value is -1.88. The molecule has 5 heteroatoms. The maximum Gasteiger partial charge on any atom is 0.207 e. The van der Waals surface area contributed by atoms with Crippen LogP contribution in [0.2, 0.25) is 0 Å². The highest BCUT2D eigenvalue weighted by Crippen LogP contribution is 2.49. The van der Waals surface area contributed by atoms with E-state index in [1.165, 1.54) is 12.7 Å². The molecule has 0 aliphatic carbocycles. The van der Waals surface area contributed by atoms with Crippen LogP contribution in [0.4, 0.5) is 0 Å². The number of hydrogen-bond acceptors (Lipinski definition) is 5. The molecule has 0 aliphatic heterocycles. The number of methoxy groups -OCH3 is 3. The zero-order valence-corrected chi connectivity index (χ0v) is 15.7. The van der Waals surface area contributed by atoms with Gasteiger partial charge in [0.15, 0.2) is 11.5 Å². The minimum absolute atomic E-state index is 0.108. The molecule has 0 radical (unpaired) electrons. The van der Waals surface area contributed by atoms with E-state index in [9.17, 15) is 5.11 Å². The minimum atomic E-state index is 0.108. The molecular weight excluding hydrogens is 308 g/mol. The Labute approximate surface area is 145 Å². The molecule has 5 nitrogen and oxygen atoms in total. The van der Waals surface area contributed by atoms with Crippen molar-refractivity contribution in [2.45, 2.75) is 40.0 Å². The summed E-state index contributed by atoms with van der Waals surface area (Å²) in [6.07, 6.45) is 4.48. The monoisotopic (exact) mass is 338 g/mol. The number of ether oxygens (including phenoxy) is 4. The summed E-state index contributed by atoms with van der Waals surface area (Å²) in [5.74, 6) is 1.45. The molecule has 0 aromatic heterocycles. The average Bonchev–Trinajstić information content (AvgIpc) is 2.59. The summed E-state index contributed by atoms with van der Waals surface area (Å²) in [5.41, 5.74) is 2.93. The van der Waals surface area contributed by atoms with Gasteiger partial charge in [0, 0.05) is 31.3 Å². The van der Waals surface area contributed by atoms with E-state index >= 15 is 0 Å². The molecule has 0 bridgehead atoms. The van der Waals surface area contributed by atoms with Crippen LogP contribution in [0, 0.1) is 6.92 Å². The normalized spacial score (nSPS) is 11.5. The van der Waals surface area contributed by atoms with Crippen molar-refractivity contribution < 1.29 is 24.1 Å². The first-order valence-corrected chi connectivity index (χ1v) is 8.25. The number of hydrogen-bond donors (Lipinski definition) is 1. The van der Waals surface area contributed by atoms with E-state index in [0.717, 1.165) is 24.0 Å². The summed E-state index contributed by atoms with van der Waals surface area (Å²) in [5, 5.41) is 10.6. The maximum absolute atomic E-state index is 10.6. The third-order valence-electron chi connectivity index (χ3n) is 4.07. The van der Waals surface area contributed by atoms with Gasteiger partial charge in [-0.25, -0.2) is 0 Å². The number of rotatable bonds is 10. The molecule has 136 valence electrons. The standard InChI is InChI=1S/C19H30O5/c1-7-13(2)9-10-15-14(3)17(24-12-8-11-21-4)19(23-6)18(22-5)16(15)20/h9,20H,7-8,10-12H2,1-6H3/b13-9+. The first kappa shape index (κ1) is 20.2. The SMILES string of the molecule is CC/C(C)=C/Cc1c(C)c(OCCCOC)c(OC)c(OC)c1O. The van der Waals surface area contributed by atoms with Gasteiger partial charge in [-0.05, 0) is 26.7 Å². The molecule has 1 N–H and O–H groups in total. The van der Waals surface area contributed by atoms with Gasteiger partial charge < -0.3 is 24.1 Å². The molecule has 24 heavy (non-hydrogen) atoms. The van der Waals surface area contributed by atoms with Gasteiger partial charge in [-0.2, -0.15) is 0 Å². The van der Waals surface area contributed by atoms with Gasteiger partial charge in [0.05, 0.1) is 20.8 Å². The quantitative estimate of drug-likeness (QED) is 0.515. The van der Waals surface area contributed by atoms with Crippen molar-refractivity contribution in [3.63, 3.8) is 0 Å². The van der Waals surface area contributed by atoms with E-state index in [1.54, 1.807) is 14.2 Å². The molecule has 1 aromatic carbocycles. The van der Waals surface area contributed by atoms with Crippen LogP contribution in [-0.2, 0) is 11.2 Å². The highest BCUT2D eigenvalue weighted by Gasteiger charge is 2.24. The number of aromatic hydroxyl groups is 1. The van der Waals surface area contributed by atoms with E-state index in [4.69, 9.17) is 18.9 Å². The third kappa shape index (κ3) is 4.81. The smallest absolute Gasteiger partial charge is 0.207 e. The van der Waals surface area contributed by atoms with Crippen LogP contribution in [0.25, 0.3) is 0 Å². The molecule has 0 atom stereocenters. The lowest BCUT2D eigenvalue weighted by Crippen LogP contribution is -2.07. The average molecular weight is 338 g/mol. The molecule has 0 amide bonds. The number of benzene rings is 1. The van der Waals surface area contributed by atoms with Crippen LogP contribution >= 0.6 is 0 Å². The van der Waals surface area contributed by atoms with Crippen LogP contribution in [-0.4, -0.2) is 39.6 Å². The molecular formula is C19H30O5. The summed E-state index contributed by atoms with van der Waals surface area (Å²) in [6.45, 7) is 7.24. The zero-order valence-electron chi connectivity index (χ0n) is 15.7. The number of phenolic OH excluding ortho intramolecular Hbond substituents is 1. The molecule has 0 saturated carbocycles. The fourth-order valence-electron chi connectivity index (χ4n) is 2.43. The van der Waals surface area contributed by atoms with E-state index in [-0.39, 0.29) is 5.75 Å². The van der Waals surface area contributed by atoms with E-state index in [2.05, 4.69) is 19.9 Å². The second-order valence-corrected chi connectivity index (χ2v) is 5.65. The molecule has 0 spiro atoms.